The number of ketones is 1. The third kappa shape index (κ3) is 4.39. The number of benzene rings is 2. The number of aromatic nitrogens is 1. The van der Waals surface area contributed by atoms with Gasteiger partial charge in [-0.15, -0.1) is 0 Å². The minimum atomic E-state index is -0.736. The first-order valence-electron chi connectivity index (χ1n) is 9.93. The van der Waals surface area contributed by atoms with Crippen LogP contribution in [-0.4, -0.2) is 46.6 Å². The van der Waals surface area contributed by atoms with Gasteiger partial charge in [-0.05, 0) is 35.9 Å². The molecule has 3 aromatic rings. The molecule has 0 spiro atoms. The Kier molecular flexibility index (Phi) is 5.86. The van der Waals surface area contributed by atoms with Gasteiger partial charge in [-0.25, -0.2) is 0 Å². The summed E-state index contributed by atoms with van der Waals surface area (Å²) in [5.41, 5.74) is 2.37. The largest absolute Gasteiger partial charge is 0.361 e. The molecular weight excluding hydrogens is 402 g/mol. The number of aromatic amines is 1. The standard InChI is InChI=1S/C23H22ClN3O3/c24-17-7-5-15(6-8-17)22(29)26-21(23(30)27-11-9-18(28)10-12-27)13-16-14-25-20-4-2-1-3-19(16)20/h1-8,14,21,25H,9-13H2,(H,26,29)/t21-/m0/s1. The van der Waals surface area contributed by atoms with Crippen LogP contribution in [-0.2, 0) is 16.0 Å². The van der Waals surface area contributed by atoms with E-state index < -0.39 is 6.04 Å². The van der Waals surface area contributed by atoms with Crippen molar-refractivity contribution in [1.29, 1.82) is 0 Å². The lowest BCUT2D eigenvalue weighted by atomic mass is 10.0. The molecule has 1 aliphatic rings. The minimum Gasteiger partial charge on any atom is -0.361 e. The summed E-state index contributed by atoms with van der Waals surface area (Å²) in [5, 5.41) is 4.45. The Balaban J connectivity index is 1.58. The Morgan fingerprint density at radius 2 is 1.77 bits per heavy atom. The summed E-state index contributed by atoms with van der Waals surface area (Å²) in [4.78, 5) is 42.5. The van der Waals surface area contributed by atoms with E-state index in [9.17, 15) is 14.4 Å². The number of Topliss-reactive ketones (excluding diaryl/α,β-unsaturated/α-hetero) is 1. The number of halogens is 1. The van der Waals surface area contributed by atoms with Crippen LogP contribution >= 0.6 is 11.6 Å². The number of nitrogens with zero attached hydrogens (tertiary/aromatic N) is 1. The van der Waals surface area contributed by atoms with E-state index in [4.69, 9.17) is 11.6 Å². The molecule has 0 aliphatic carbocycles. The molecule has 1 fully saturated rings. The number of nitrogens with one attached hydrogen (secondary N) is 2. The monoisotopic (exact) mass is 423 g/mol. The Morgan fingerprint density at radius 3 is 2.50 bits per heavy atom. The highest BCUT2D eigenvalue weighted by molar-refractivity contribution is 6.30. The van der Waals surface area contributed by atoms with Crippen molar-refractivity contribution in [1.82, 2.24) is 15.2 Å². The van der Waals surface area contributed by atoms with Crippen molar-refractivity contribution < 1.29 is 14.4 Å². The van der Waals surface area contributed by atoms with Crippen molar-refractivity contribution in [2.45, 2.75) is 25.3 Å². The number of likely N-dealkylation sites (tertiary alicyclic amines) is 1. The summed E-state index contributed by atoms with van der Waals surface area (Å²) in [6.45, 7) is 0.776. The molecule has 0 bridgehead atoms. The number of hydrogen-bond donors (Lipinski definition) is 2. The Bertz CT molecular complexity index is 1080. The van der Waals surface area contributed by atoms with Crippen LogP contribution in [0.25, 0.3) is 10.9 Å². The summed E-state index contributed by atoms with van der Waals surface area (Å²) < 4.78 is 0. The van der Waals surface area contributed by atoms with Crippen molar-refractivity contribution in [2.24, 2.45) is 0 Å². The average Bonchev–Trinajstić information content (AvgIpc) is 3.16. The molecule has 6 nitrogen and oxygen atoms in total. The number of carbonyl (C=O) groups is 3. The summed E-state index contributed by atoms with van der Waals surface area (Å²) in [6.07, 6.45) is 2.94. The maximum atomic E-state index is 13.3. The molecular formula is C23H22ClN3O3. The van der Waals surface area contributed by atoms with Crippen LogP contribution in [0.3, 0.4) is 0 Å². The number of amides is 2. The molecule has 1 aromatic heterocycles. The summed E-state index contributed by atoms with van der Waals surface area (Å²) in [6, 6.07) is 13.7. The SMILES string of the molecule is O=C1CCN(C(=O)[C@H](Cc2c[nH]c3ccccc23)NC(=O)c2ccc(Cl)cc2)CC1. The molecule has 0 saturated carbocycles. The quantitative estimate of drug-likeness (QED) is 0.660. The van der Waals surface area contributed by atoms with Gasteiger partial charge in [0, 0.05) is 60.0 Å². The van der Waals surface area contributed by atoms with Crippen molar-refractivity contribution >= 4 is 40.1 Å². The summed E-state index contributed by atoms with van der Waals surface area (Å²) in [7, 11) is 0. The highest BCUT2D eigenvalue weighted by Gasteiger charge is 2.29. The molecule has 2 N–H and O–H groups in total. The van der Waals surface area contributed by atoms with Gasteiger partial charge in [-0.1, -0.05) is 29.8 Å². The number of hydrogen-bond acceptors (Lipinski definition) is 3. The summed E-state index contributed by atoms with van der Waals surface area (Å²) in [5.74, 6) is -0.342. The molecule has 0 radical (unpaired) electrons. The van der Waals surface area contributed by atoms with Gasteiger partial charge in [-0.3, -0.25) is 14.4 Å². The lowest BCUT2D eigenvalue weighted by Gasteiger charge is -2.30. The number of rotatable bonds is 5. The molecule has 154 valence electrons. The van der Waals surface area contributed by atoms with Crippen LogP contribution in [0, 0.1) is 0 Å². The van der Waals surface area contributed by atoms with Gasteiger partial charge < -0.3 is 15.2 Å². The highest BCUT2D eigenvalue weighted by Crippen LogP contribution is 2.20. The number of piperidine rings is 1. The van der Waals surface area contributed by atoms with E-state index in [1.54, 1.807) is 29.2 Å². The van der Waals surface area contributed by atoms with E-state index in [0.29, 0.717) is 42.9 Å². The fourth-order valence-electron chi connectivity index (χ4n) is 3.76. The maximum absolute atomic E-state index is 13.3. The van der Waals surface area contributed by atoms with Gasteiger partial charge in [0.05, 0.1) is 0 Å². The van der Waals surface area contributed by atoms with E-state index >= 15 is 0 Å². The molecule has 0 unspecified atom stereocenters. The van der Waals surface area contributed by atoms with Gasteiger partial charge in [0.1, 0.15) is 11.8 Å². The number of para-hydroxylation sites is 1. The smallest absolute Gasteiger partial charge is 0.251 e. The zero-order valence-electron chi connectivity index (χ0n) is 16.4. The zero-order valence-corrected chi connectivity index (χ0v) is 17.1. The highest BCUT2D eigenvalue weighted by atomic mass is 35.5. The lowest BCUT2D eigenvalue weighted by Crippen LogP contribution is -2.51. The number of H-pyrrole nitrogens is 1. The molecule has 1 saturated heterocycles. The molecule has 1 atom stereocenters. The minimum absolute atomic E-state index is 0.164. The van der Waals surface area contributed by atoms with E-state index in [-0.39, 0.29) is 17.6 Å². The fraction of sp³-hybridized carbons (Fsp3) is 0.261. The van der Waals surface area contributed by atoms with Crippen LogP contribution in [0.2, 0.25) is 5.02 Å². The van der Waals surface area contributed by atoms with Gasteiger partial charge >= 0.3 is 0 Å². The second-order valence-corrected chi connectivity index (χ2v) is 7.90. The predicted molar refractivity (Wildman–Crippen MR) is 116 cm³/mol. The molecule has 1 aliphatic heterocycles. The maximum Gasteiger partial charge on any atom is 0.251 e. The summed E-state index contributed by atoms with van der Waals surface area (Å²) >= 11 is 5.91. The van der Waals surface area contributed by atoms with Crippen LogP contribution in [0.5, 0.6) is 0 Å². The second-order valence-electron chi connectivity index (χ2n) is 7.46. The molecule has 2 aromatic carbocycles. The number of fused-ring (bicyclic) bond motifs is 1. The lowest BCUT2D eigenvalue weighted by molar-refractivity contribution is -0.136. The molecule has 7 heteroatoms. The molecule has 4 rings (SSSR count). The van der Waals surface area contributed by atoms with E-state index in [1.807, 2.05) is 30.5 Å². The van der Waals surface area contributed by atoms with Gasteiger partial charge in [0.25, 0.3) is 5.91 Å². The third-order valence-corrected chi connectivity index (χ3v) is 5.69. The van der Waals surface area contributed by atoms with E-state index in [2.05, 4.69) is 10.3 Å². The number of carbonyl (C=O) groups excluding carboxylic acids is 3. The molecule has 2 amide bonds. The Morgan fingerprint density at radius 1 is 1.07 bits per heavy atom. The normalized spacial score (nSPS) is 15.2. The van der Waals surface area contributed by atoms with Crippen molar-refractivity contribution in [2.75, 3.05) is 13.1 Å². The van der Waals surface area contributed by atoms with Crippen molar-refractivity contribution in [3.05, 3.63) is 70.9 Å². The Labute approximate surface area is 179 Å². The topological polar surface area (TPSA) is 82.3 Å². The van der Waals surface area contributed by atoms with Gasteiger partial charge in [-0.2, -0.15) is 0 Å². The average molecular weight is 424 g/mol. The third-order valence-electron chi connectivity index (χ3n) is 5.44. The van der Waals surface area contributed by atoms with Crippen LogP contribution in [0.15, 0.2) is 54.7 Å². The molecule has 30 heavy (non-hydrogen) atoms. The fourth-order valence-corrected chi connectivity index (χ4v) is 3.89. The van der Waals surface area contributed by atoms with Crippen molar-refractivity contribution in [3.63, 3.8) is 0 Å². The first kappa shape index (κ1) is 20.2. The second kappa shape index (κ2) is 8.71. The zero-order chi connectivity index (χ0) is 21.1. The van der Waals surface area contributed by atoms with Gasteiger partial charge in [0.15, 0.2) is 0 Å². The van der Waals surface area contributed by atoms with Crippen LogP contribution < -0.4 is 5.32 Å². The molecule has 2 heterocycles. The van der Waals surface area contributed by atoms with Crippen molar-refractivity contribution in [3.8, 4) is 0 Å². The van der Waals surface area contributed by atoms with Gasteiger partial charge in [0.2, 0.25) is 5.91 Å². The van der Waals surface area contributed by atoms with Crippen LogP contribution in [0.1, 0.15) is 28.8 Å². The first-order valence-corrected chi connectivity index (χ1v) is 10.3. The predicted octanol–water partition coefficient (Wildman–Crippen LogP) is 3.35. The van der Waals surface area contributed by atoms with E-state index in [1.165, 1.54) is 0 Å². The van der Waals surface area contributed by atoms with E-state index in [0.717, 1.165) is 16.5 Å². The van der Waals surface area contributed by atoms with Crippen LogP contribution in [0.4, 0.5) is 0 Å². The Hall–Kier alpha value is -3.12. The first-order chi connectivity index (χ1) is 14.5.